The first-order chi connectivity index (χ1) is 5.33. The van der Waals surface area contributed by atoms with Crippen LogP contribution in [0.3, 0.4) is 0 Å². The molecule has 0 saturated carbocycles. The van der Waals surface area contributed by atoms with Gasteiger partial charge in [-0.25, -0.2) is 0 Å². The molecule has 0 bridgehead atoms. The van der Waals surface area contributed by atoms with E-state index in [4.69, 9.17) is 4.74 Å². The van der Waals surface area contributed by atoms with Gasteiger partial charge in [0.05, 0.1) is 13.2 Å². The quantitative estimate of drug-likeness (QED) is 0.505. The molecule has 0 spiro atoms. The lowest BCUT2D eigenvalue weighted by molar-refractivity contribution is 0.0534. The molecule has 0 radical (unpaired) electrons. The molecule has 1 rings (SSSR count). The van der Waals surface area contributed by atoms with Crippen LogP contribution in [-0.2, 0) is 4.74 Å². The second-order valence-corrected chi connectivity index (χ2v) is 5.19. The molecule has 0 fully saturated rings. The van der Waals surface area contributed by atoms with Crippen molar-refractivity contribution in [2.24, 2.45) is 10.8 Å². The third kappa shape index (κ3) is 2.10. The van der Waals surface area contributed by atoms with Crippen molar-refractivity contribution in [2.45, 2.75) is 34.6 Å². The highest BCUT2D eigenvalue weighted by Gasteiger charge is 2.28. The lowest BCUT2D eigenvalue weighted by atomic mass is 9.82. The van der Waals surface area contributed by atoms with Crippen LogP contribution in [0.2, 0.25) is 0 Å². The van der Waals surface area contributed by atoms with Gasteiger partial charge < -0.3 is 4.74 Å². The molecule has 0 aromatic rings. The summed E-state index contributed by atoms with van der Waals surface area (Å²) in [4.78, 5) is 0. The van der Waals surface area contributed by atoms with Gasteiger partial charge in [-0.05, 0) is 6.92 Å². The first-order valence-corrected chi connectivity index (χ1v) is 4.61. The van der Waals surface area contributed by atoms with Crippen LogP contribution in [0.5, 0.6) is 0 Å². The van der Waals surface area contributed by atoms with Crippen molar-refractivity contribution in [3.05, 3.63) is 11.6 Å². The van der Waals surface area contributed by atoms with Gasteiger partial charge in [0.25, 0.3) is 0 Å². The summed E-state index contributed by atoms with van der Waals surface area (Å²) < 4.78 is 5.64. The van der Waals surface area contributed by atoms with E-state index in [0.717, 1.165) is 13.2 Å². The standard InChI is InChI=1S/C11H20O/c1-9-6-10(2,3)7-12-8-11(9,4)5/h6H,7-8H2,1-5H3. The number of hydrogen-bond donors (Lipinski definition) is 0. The van der Waals surface area contributed by atoms with E-state index < -0.39 is 0 Å². The maximum atomic E-state index is 5.64. The molecule has 70 valence electrons. The molecule has 0 atom stereocenters. The molecule has 1 aliphatic heterocycles. The largest absolute Gasteiger partial charge is 0.380 e. The maximum absolute atomic E-state index is 5.64. The van der Waals surface area contributed by atoms with Gasteiger partial charge >= 0.3 is 0 Å². The predicted molar refractivity (Wildman–Crippen MR) is 52.1 cm³/mol. The van der Waals surface area contributed by atoms with Gasteiger partial charge in [-0.2, -0.15) is 0 Å². The number of rotatable bonds is 0. The van der Waals surface area contributed by atoms with Crippen molar-refractivity contribution in [1.82, 2.24) is 0 Å². The van der Waals surface area contributed by atoms with Crippen LogP contribution in [0.15, 0.2) is 11.6 Å². The van der Waals surface area contributed by atoms with Crippen LogP contribution in [0, 0.1) is 10.8 Å². The highest BCUT2D eigenvalue weighted by molar-refractivity contribution is 5.14. The van der Waals surface area contributed by atoms with Gasteiger partial charge in [0, 0.05) is 10.8 Å². The minimum Gasteiger partial charge on any atom is -0.380 e. The van der Waals surface area contributed by atoms with Gasteiger partial charge in [-0.15, -0.1) is 0 Å². The minimum atomic E-state index is 0.206. The van der Waals surface area contributed by atoms with Gasteiger partial charge in [-0.1, -0.05) is 39.3 Å². The van der Waals surface area contributed by atoms with E-state index in [1.807, 2.05) is 0 Å². The van der Waals surface area contributed by atoms with E-state index in [1.54, 1.807) is 0 Å². The molecule has 1 aliphatic rings. The van der Waals surface area contributed by atoms with Gasteiger partial charge in [0.2, 0.25) is 0 Å². The third-order valence-electron chi connectivity index (χ3n) is 2.61. The van der Waals surface area contributed by atoms with Crippen molar-refractivity contribution >= 4 is 0 Å². The molecular formula is C11H20O. The van der Waals surface area contributed by atoms with Crippen LogP contribution < -0.4 is 0 Å². The second-order valence-electron chi connectivity index (χ2n) is 5.19. The zero-order valence-electron chi connectivity index (χ0n) is 8.90. The molecule has 0 unspecified atom stereocenters. The molecule has 0 aromatic carbocycles. The van der Waals surface area contributed by atoms with E-state index >= 15 is 0 Å². The predicted octanol–water partition coefficient (Wildman–Crippen LogP) is 3.02. The Hall–Kier alpha value is -0.300. The summed E-state index contributed by atoms with van der Waals surface area (Å²) in [5.41, 5.74) is 1.87. The van der Waals surface area contributed by atoms with Gasteiger partial charge in [-0.3, -0.25) is 0 Å². The van der Waals surface area contributed by atoms with Crippen molar-refractivity contribution < 1.29 is 4.74 Å². The molecule has 0 saturated heterocycles. The smallest absolute Gasteiger partial charge is 0.0554 e. The fourth-order valence-corrected chi connectivity index (χ4v) is 1.51. The van der Waals surface area contributed by atoms with Crippen LogP contribution in [-0.4, -0.2) is 13.2 Å². The molecule has 12 heavy (non-hydrogen) atoms. The topological polar surface area (TPSA) is 9.23 Å². The summed E-state index contributed by atoms with van der Waals surface area (Å²) in [6, 6.07) is 0. The zero-order valence-corrected chi connectivity index (χ0v) is 8.90. The Labute approximate surface area is 75.8 Å². The van der Waals surface area contributed by atoms with E-state index in [9.17, 15) is 0 Å². The average Bonchev–Trinajstić information content (AvgIpc) is 1.90. The van der Waals surface area contributed by atoms with Crippen LogP contribution in [0.1, 0.15) is 34.6 Å². The molecule has 0 amide bonds. The van der Waals surface area contributed by atoms with Crippen LogP contribution in [0.25, 0.3) is 0 Å². The Morgan fingerprint density at radius 3 is 2.33 bits per heavy atom. The van der Waals surface area contributed by atoms with E-state index in [1.165, 1.54) is 5.57 Å². The third-order valence-corrected chi connectivity index (χ3v) is 2.61. The molecule has 1 nitrogen and oxygen atoms in total. The minimum absolute atomic E-state index is 0.206. The Bertz CT molecular complexity index is 199. The fraction of sp³-hybridized carbons (Fsp3) is 0.818. The number of hydrogen-bond acceptors (Lipinski definition) is 1. The Kier molecular flexibility index (Phi) is 2.35. The lowest BCUT2D eigenvalue weighted by Gasteiger charge is -2.23. The molecule has 1 heteroatoms. The summed E-state index contributed by atoms with van der Waals surface area (Å²) in [6.07, 6.45) is 2.35. The SMILES string of the molecule is CC1=CC(C)(C)COCC1(C)C. The van der Waals surface area contributed by atoms with Gasteiger partial charge in [0.15, 0.2) is 0 Å². The van der Waals surface area contributed by atoms with E-state index in [0.29, 0.717) is 0 Å². The van der Waals surface area contributed by atoms with E-state index in [-0.39, 0.29) is 10.8 Å². The van der Waals surface area contributed by atoms with Crippen molar-refractivity contribution in [3.8, 4) is 0 Å². The highest BCUT2D eigenvalue weighted by Crippen LogP contribution is 2.34. The van der Waals surface area contributed by atoms with Gasteiger partial charge in [0.1, 0.15) is 0 Å². The first-order valence-electron chi connectivity index (χ1n) is 4.61. The monoisotopic (exact) mass is 168 g/mol. The zero-order chi connectivity index (χ0) is 9.41. The summed E-state index contributed by atoms with van der Waals surface area (Å²) in [6.45, 7) is 12.8. The normalized spacial score (nSPS) is 27.6. The molecule has 0 aromatic heterocycles. The lowest BCUT2D eigenvalue weighted by Crippen LogP contribution is -2.19. The Morgan fingerprint density at radius 2 is 1.75 bits per heavy atom. The molecular weight excluding hydrogens is 148 g/mol. The van der Waals surface area contributed by atoms with Crippen LogP contribution >= 0.6 is 0 Å². The summed E-state index contributed by atoms with van der Waals surface area (Å²) in [7, 11) is 0. The fourth-order valence-electron chi connectivity index (χ4n) is 1.51. The number of ether oxygens (including phenoxy) is 1. The average molecular weight is 168 g/mol. The van der Waals surface area contributed by atoms with Crippen molar-refractivity contribution in [3.63, 3.8) is 0 Å². The Balaban J connectivity index is 2.91. The molecule has 1 heterocycles. The summed E-state index contributed by atoms with van der Waals surface area (Å²) >= 11 is 0. The molecule has 0 N–H and O–H groups in total. The Morgan fingerprint density at radius 1 is 1.17 bits per heavy atom. The highest BCUT2D eigenvalue weighted by atomic mass is 16.5. The van der Waals surface area contributed by atoms with Crippen molar-refractivity contribution in [2.75, 3.05) is 13.2 Å². The second kappa shape index (κ2) is 2.88. The van der Waals surface area contributed by atoms with E-state index in [2.05, 4.69) is 40.7 Å². The van der Waals surface area contributed by atoms with Crippen molar-refractivity contribution in [1.29, 1.82) is 0 Å². The maximum Gasteiger partial charge on any atom is 0.0554 e. The molecule has 0 aliphatic carbocycles. The van der Waals surface area contributed by atoms with Crippen LogP contribution in [0.4, 0.5) is 0 Å². The summed E-state index contributed by atoms with van der Waals surface area (Å²) in [5, 5.41) is 0. The summed E-state index contributed by atoms with van der Waals surface area (Å²) in [5.74, 6) is 0. The first kappa shape index (κ1) is 9.79.